The average Bonchev–Trinajstić information content (AvgIpc) is 2.38. The standard InChI is InChI=1S/C14H19FN2O2/c1-19-14-5-4-10(7-12(14)15)13(18)9-17-6-2-3-11(16)8-17/h4-5,7,11H,2-3,6,8-9,16H2,1H3. The number of hydrogen-bond donors (Lipinski definition) is 1. The third kappa shape index (κ3) is 3.52. The molecule has 0 aromatic heterocycles. The van der Waals surface area contributed by atoms with Gasteiger partial charge >= 0.3 is 0 Å². The fourth-order valence-corrected chi connectivity index (χ4v) is 2.37. The van der Waals surface area contributed by atoms with E-state index in [1.165, 1.54) is 19.2 Å². The zero-order valence-corrected chi connectivity index (χ0v) is 11.1. The molecule has 2 N–H and O–H groups in total. The lowest BCUT2D eigenvalue weighted by Gasteiger charge is -2.29. The summed E-state index contributed by atoms with van der Waals surface area (Å²) in [6.45, 7) is 1.89. The molecule has 104 valence electrons. The van der Waals surface area contributed by atoms with Crippen molar-refractivity contribution in [2.45, 2.75) is 18.9 Å². The first-order chi connectivity index (χ1) is 9.10. The van der Waals surface area contributed by atoms with Gasteiger partial charge in [-0.25, -0.2) is 4.39 Å². The number of Topliss-reactive ketones (excluding diaryl/α,β-unsaturated/α-hetero) is 1. The highest BCUT2D eigenvalue weighted by molar-refractivity contribution is 5.97. The predicted octanol–water partition coefficient (Wildman–Crippen LogP) is 1.44. The number of rotatable bonds is 4. The lowest BCUT2D eigenvalue weighted by atomic mass is 10.0. The van der Waals surface area contributed by atoms with Gasteiger partial charge in [0, 0.05) is 18.2 Å². The van der Waals surface area contributed by atoms with Gasteiger partial charge in [0.1, 0.15) is 0 Å². The second-order valence-electron chi connectivity index (χ2n) is 4.91. The Bertz CT molecular complexity index is 465. The van der Waals surface area contributed by atoms with Gasteiger partial charge in [-0.1, -0.05) is 0 Å². The number of hydrogen-bond acceptors (Lipinski definition) is 4. The van der Waals surface area contributed by atoms with Gasteiger partial charge in [0.2, 0.25) is 0 Å². The predicted molar refractivity (Wildman–Crippen MR) is 70.9 cm³/mol. The molecule has 1 heterocycles. The number of carbonyl (C=O) groups excluding carboxylic acids is 1. The summed E-state index contributed by atoms with van der Waals surface area (Å²) in [6.07, 6.45) is 2.01. The van der Waals surface area contributed by atoms with Crippen LogP contribution in [-0.4, -0.2) is 43.5 Å². The number of benzene rings is 1. The van der Waals surface area contributed by atoms with Crippen LogP contribution < -0.4 is 10.5 Å². The first kappa shape index (κ1) is 14.0. The Balaban J connectivity index is 2.01. The smallest absolute Gasteiger partial charge is 0.176 e. The van der Waals surface area contributed by atoms with Gasteiger partial charge in [0.15, 0.2) is 17.3 Å². The van der Waals surface area contributed by atoms with E-state index >= 15 is 0 Å². The number of ketones is 1. The minimum atomic E-state index is -0.510. The van der Waals surface area contributed by atoms with Gasteiger partial charge in [-0.15, -0.1) is 0 Å². The van der Waals surface area contributed by atoms with Crippen LogP contribution in [0.3, 0.4) is 0 Å². The van der Waals surface area contributed by atoms with Gasteiger partial charge in [-0.05, 0) is 37.6 Å². The zero-order chi connectivity index (χ0) is 13.8. The molecule has 0 bridgehead atoms. The van der Waals surface area contributed by atoms with Crippen LogP contribution in [0, 0.1) is 5.82 Å². The summed E-state index contributed by atoms with van der Waals surface area (Å²) in [6, 6.07) is 4.43. The Labute approximate surface area is 112 Å². The number of piperidine rings is 1. The molecule has 4 nitrogen and oxygen atoms in total. The summed E-state index contributed by atoms with van der Waals surface area (Å²) in [7, 11) is 1.40. The molecule has 5 heteroatoms. The first-order valence-electron chi connectivity index (χ1n) is 6.45. The molecule has 1 aromatic carbocycles. The van der Waals surface area contributed by atoms with Crippen LogP contribution >= 0.6 is 0 Å². The molecule has 0 aliphatic carbocycles. The molecule has 0 amide bonds. The number of halogens is 1. The minimum Gasteiger partial charge on any atom is -0.494 e. The van der Waals surface area contributed by atoms with Crippen LogP contribution in [0.4, 0.5) is 4.39 Å². The fraction of sp³-hybridized carbons (Fsp3) is 0.500. The first-order valence-corrected chi connectivity index (χ1v) is 6.45. The Morgan fingerprint density at radius 1 is 1.58 bits per heavy atom. The lowest BCUT2D eigenvalue weighted by molar-refractivity contribution is 0.0907. The molecule has 1 aliphatic heterocycles. The number of ether oxygens (including phenoxy) is 1. The molecule has 1 saturated heterocycles. The Hall–Kier alpha value is -1.46. The van der Waals surface area contributed by atoms with Gasteiger partial charge in [-0.3, -0.25) is 9.69 Å². The SMILES string of the molecule is COc1ccc(C(=O)CN2CCCC(N)C2)cc1F. The van der Waals surface area contributed by atoms with Crippen LogP contribution in [0.1, 0.15) is 23.2 Å². The molecule has 1 atom stereocenters. The van der Waals surface area contributed by atoms with Crippen LogP contribution in [0.2, 0.25) is 0 Å². The molecular weight excluding hydrogens is 247 g/mol. The molecule has 1 aromatic rings. The van der Waals surface area contributed by atoms with E-state index in [0.717, 1.165) is 25.9 Å². The van der Waals surface area contributed by atoms with Gasteiger partial charge in [0.25, 0.3) is 0 Å². The summed E-state index contributed by atoms with van der Waals surface area (Å²) in [5.41, 5.74) is 6.24. The largest absolute Gasteiger partial charge is 0.494 e. The normalized spacial score (nSPS) is 20.3. The lowest BCUT2D eigenvalue weighted by Crippen LogP contribution is -2.44. The quantitative estimate of drug-likeness (QED) is 0.838. The monoisotopic (exact) mass is 266 g/mol. The van der Waals surface area contributed by atoms with Crippen LogP contribution in [0.5, 0.6) is 5.75 Å². The van der Waals surface area contributed by atoms with E-state index in [0.29, 0.717) is 12.1 Å². The highest BCUT2D eigenvalue weighted by atomic mass is 19.1. The number of nitrogens with two attached hydrogens (primary N) is 1. The summed E-state index contributed by atoms with van der Waals surface area (Å²) >= 11 is 0. The topological polar surface area (TPSA) is 55.6 Å². The molecule has 0 radical (unpaired) electrons. The number of carbonyl (C=O) groups is 1. The Kier molecular flexibility index (Phi) is 4.50. The second-order valence-corrected chi connectivity index (χ2v) is 4.91. The van der Waals surface area contributed by atoms with E-state index in [1.54, 1.807) is 6.07 Å². The number of likely N-dealkylation sites (tertiary alicyclic amines) is 1. The number of nitrogens with zero attached hydrogens (tertiary/aromatic N) is 1. The molecule has 0 spiro atoms. The van der Waals surface area contributed by atoms with E-state index in [1.807, 2.05) is 4.90 Å². The fourth-order valence-electron chi connectivity index (χ4n) is 2.37. The third-order valence-electron chi connectivity index (χ3n) is 3.38. The molecule has 1 aliphatic rings. The van der Waals surface area contributed by atoms with Crippen molar-refractivity contribution in [3.63, 3.8) is 0 Å². The van der Waals surface area contributed by atoms with Gasteiger partial charge < -0.3 is 10.5 Å². The second kappa shape index (κ2) is 6.12. The maximum absolute atomic E-state index is 13.5. The molecule has 1 unspecified atom stereocenters. The van der Waals surface area contributed by atoms with Crippen molar-refractivity contribution < 1.29 is 13.9 Å². The minimum absolute atomic E-state index is 0.0874. The van der Waals surface area contributed by atoms with Crippen LogP contribution in [0.25, 0.3) is 0 Å². The van der Waals surface area contributed by atoms with Gasteiger partial charge in [0.05, 0.1) is 13.7 Å². The molecule has 2 rings (SSSR count). The van der Waals surface area contributed by atoms with Gasteiger partial charge in [-0.2, -0.15) is 0 Å². The van der Waals surface area contributed by atoms with E-state index in [2.05, 4.69) is 0 Å². The van der Waals surface area contributed by atoms with Crippen LogP contribution in [0.15, 0.2) is 18.2 Å². The molecule has 1 fully saturated rings. The van der Waals surface area contributed by atoms with Crippen molar-refractivity contribution >= 4 is 5.78 Å². The van der Waals surface area contributed by atoms with E-state index in [-0.39, 0.29) is 17.6 Å². The van der Waals surface area contributed by atoms with Crippen molar-refractivity contribution in [3.8, 4) is 5.75 Å². The maximum atomic E-state index is 13.5. The van der Waals surface area contributed by atoms with E-state index in [9.17, 15) is 9.18 Å². The van der Waals surface area contributed by atoms with Crippen molar-refractivity contribution in [2.24, 2.45) is 5.73 Å². The maximum Gasteiger partial charge on any atom is 0.176 e. The average molecular weight is 266 g/mol. The van der Waals surface area contributed by atoms with Crippen molar-refractivity contribution in [2.75, 3.05) is 26.7 Å². The van der Waals surface area contributed by atoms with Crippen LogP contribution in [-0.2, 0) is 0 Å². The zero-order valence-electron chi connectivity index (χ0n) is 11.1. The van der Waals surface area contributed by atoms with Crippen molar-refractivity contribution in [3.05, 3.63) is 29.6 Å². The molecule has 19 heavy (non-hydrogen) atoms. The van der Waals surface area contributed by atoms with Crippen molar-refractivity contribution in [1.29, 1.82) is 0 Å². The molecular formula is C14H19FN2O2. The Morgan fingerprint density at radius 2 is 2.37 bits per heavy atom. The van der Waals surface area contributed by atoms with E-state index < -0.39 is 5.82 Å². The highest BCUT2D eigenvalue weighted by Crippen LogP contribution is 2.18. The number of methoxy groups -OCH3 is 1. The summed E-state index contributed by atoms with van der Waals surface area (Å²) in [5, 5.41) is 0. The van der Waals surface area contributed by atoms with Crippen molar-refractivity contribution in [1.82, 2.24) is 4.90 Å². The van der Waals surface area contributed by atoms with E-state index in [4.69, 9.17) is 10.5 Å². The molecule has 0 saturated carbocycles. The summed E-state index contributed by atoms with van der Waals surface area (Å²) < 4.78 is 18.4. The third-order valence-corrected chi connectivity index (χ3v) is 3.38. The summed E-state index contributed by atoms with van der Waals surface area (Å²) in [4.78, 5) is 14.1. The highest BCUT2D eigenvalue weighted by Gasteiger charge is 2.20. The summed E-state index contributed by atoms with van der Waals surface area (Å²) in [5.74, 6) is -0.448. The Morgan fingerprint density at radius 3 is 3.00 bits per heavy atom.